The molecule has 8 heterocycles. The molecule has 0 saturated carbocycles. The molecule has 0 unspecified atom stereocenters. The van der Waals surface area contributed by atoms with Gasteiger partial charge in [0.05, 0.1) is 86.2 Å². The summed E-state index contributed by atoms with van der Waals surface area (Å²) in [6.07, 6.45) is -0.738. The lowest BCUT2D eigenvalue weighted by Gasteiger charge is -2.37. The van der Waals surface area contributed by atoms with Gasteiger partial charge in [-0.15, -0.1) is 5.10 Å². The van der Waals surface area contributed by atoms with Crippen LogP contribution in [0.1, 0.15) is 98.4 Å². The standard InChI is InChI=1S/C82H106FN17O17/c1-50-74(106)89-62-40-55-10-8-11-56(38-55)43-85-70(104)49-117-67-25-30-98-73(67)78(110)92-72(51(2)101)77(109)91-63(39-53-16-19-60(114-7)20-17-53)80(112)99-29-9-27-82(99,3)81(113)84-28-24-52-12-14-54(15-13-52)45-95(71(105)23-22-69(103)88-65(76(108)87-50)44-86-68(102)26-34-115-36-37-116-35-33-100(4,5)6)31-32-97-48-59(93-94-97)47-96-46-57(41-64(79(98)111)90-75(62)107)61-42-58(83)18-21-66(61)96/h8,10-21,38,42,46,48,50-51,62-65,67,72-73,101H,9,22-37,39-41,43-45,47,49H2,1-7H3,(H8-,84,85,86,87,88,89,90,91,92,102,103,104,106,107,108,109,110,113)/p+1/t50-,51-,62+,63+,64+,65+,67+,72+,73+,82+/m1/s1. The van der Waals surface area contributed by atoms with Crippen LogP contribution in [0.3, 0.4) is 0 Å². The Morgan fingerprint density at radius 2 is 1.45 bits per heavy atom. The zero-order valence-corrected chi connectivity index (χ0v) is 67.1. The van der Waals surface area contributed by atoms with Crippen LogP contribution < -0.4 is 52.6 Å². The third-order valence-electron chi connectivity index (χ3n) is 21.7. The minimum atomic E-state index is -1.87. The molecule has 6 aliphatic rings. The monoisotopic (exact) mass is 1620 g/mol. The normalized spacial score (nSPS) is 24.0. The Labute approximate surface area is 677 Å². The van der Waals surface area contributed by atoms with Crippen molar-refractivity contribution in [3.05, 3.63) is 148 Å². The Bertz CT molecular complexity index is 4590. The molecule has 10 atom stereocenters. The van der Waals surface area contributed by atoms with Crippen LogP contribution in [-0.4, -0.2) is 275 Å². The van der Waals surface area contributed by atoms with Gasteiger partial charge in [-0.25, -0.2) is 4.39 Å². The fourth-order valence-corrected chi connectivity index (χ4v) is 15.0. The number of rotatable bonds is 15. The Kier molecular flexibility index (Phi) is 29.3. The number of amides is 12. The molecule has 0 spiro atoms. The topological polar surface area (TPSA) is 416 Å². The second-order valence-corrected chi connectivity index (χ2v) is 31.6. The fraction of sp³-hybridized carbons (Fsp3) is 0.512. The van der Waals surface area contributed by atoms with Crippen LogP contribution in [0, 0.1) is 5.82 Å². The number of benzene rings is 4. The van der Waals surface area contributed by atoms with Crippen LogP contribution >= 0.6 is 0 Å². The second-order valence-electron chi connectivity index (χ2n) is 31.6. The maximum absolute atomic E-state index is 16.2. The SMILES string of the molecule is COc1ccc(C[C@@H]2NC(=O)[C@H]([C@@H](C)O)NC(=O)[C@@H]3[C@@H]4CCN3C(=O)[C@@H]3Cc5cn(c6ccc(F)cc56)Cc5cn(nn5)CCN(Cc5ccc(cc5)CCNC(=O)[C@]5(C)CCCN5C2=O)C(=O)CCC(=O)N[C@@H](CNC(=O)CCOCCOCC[N+](C)(C)C)C(=O)N[C@H](C)C(=O)N[C@@H](Cc2cccc(c2)CNC(=O)CO4)C(=O)N3)cc1. The van der Waals surface area contributed by atoms with Crippen LogP contribution in [0.5, 0.6) is 5.75 Å². The van der Waals surface area contributed by atoms with Gasteiger partial charge in [-0.05, 0) is 110 Å². The molecule has 10 N–H and O–H groups in total. The van der Waals surface area contributed by atoms with E-state index in [2.05, 4.69) is 58.2 Å². The molecule has 2 fully saturated rings. The molecule has 2 saturated heterocycles. The molecule has 117 heavy (non-hydrogen) atoms. The van der Waals surface area contributed by atoms with E-state index in [4.69, 9.17) is 18.9 Å². The number of likely N-dealkylation sites (N-methyl/N-ethyl adjacent to an activating group) is 1. The van der Waals surface area contributed by atoms with Crippen molar-refractivity contribution in [2.75, 3.05) is 101 Å². The largest absolute Gasteiger partial charge is 0.497 e. The molecule has 2 aromatic heterocycles. The van der Waals surface area contributed by atoms with Crippen molar-refractivity contribution in [3.63, 3.8) is 0 Å². The molecule has 0 aliphatic carbocycles. The highest BCUT2D eigenvalue weighted by molar-refractivity contribution is 6.00. The number of carbonyl (C=O) groups excluding carboxylic acids is 12. The summed E-state index contributed by atoms with van der Waals surface area (Å²) in [6, 6.07) is 13.3. The highest BCUT2D eigenvalue weighted by Gasteiger charge is 2.50. The number of nitrogens with one attached hydrogen (secondary N) is 9. The molecular weight excluding hydrogens is 1510 g/mol. The predicted octanol–water partition coefficient (Wildman–Crippen LogP) is -0.496. The van der Waals surface area contributed by atoms with Gasteiger partial charge in [0.15, 0.2) is 0 Å². The summed E-state index contributed by atoms with van der Waals surface area (Å²) in [7, 11) is 7.60. The molecule has 12 rings (SSSR count). The third-order valence-corrected chi connectivity index (χ3v) is 21.7. The Morgan fingerprint density at radius 1 is 0.709 bits per heavy atom. The Hall–Kier alpha value is -11.3. The van der Waals surface area contributed by atoms with E-state index >= 15 is 28.4 Å². The number of aromatic nitrogens is 4. The third kappa shape index (κ3) is 23.3. The number of fused-ring (bicyclic) bond motifs is 16. The molecule has 0 radical (unpaired) electrons. The predicted molar refractivity (Wildman–Crippen MR) is 422 cm³/mol. The van der Waals surface area contributed by atoms with Crippen LogP contribution in [-0.2, 0) is 124 Å². The first-order valence-electron chi connectivity index (χ1n) is 39.7. The number of methoxy groups -OCH3 is 1. The zero-order valence-electron chi connectivity index (χ0n) is 67.1. The number of aliphatic hydroxyl groups excluding tert-OH is 1. The maximum Gasteiger partial charge on any atom is 0.246 e. The molecule has 34 nitrogen and oxygen atoms in total. The van der Waals surface area contributed by atoms with Crippen molar-refractivity contribution in [1.82, 2.24) is 82.1 Å². The molecule has 628 valence electrons. The van der Waals surface area contributed by atoms with Crippen molar-refractivity contribution < 1.29 is 90.5 Å². The fourth-order valence-electron chi connectivity index (χ4n) is 15.0. The number of quaternary nitrogens is 1. The molecule has 4 aromatic carbocycles. The number of hydrogen-bond acceptors (Lipinski definition) is 19. The molecule has 12 amide bonds. The smallest absolute Gasteiger partial charge is 0.246 e. The molecular formula is C82H107FN17O17+. The van der Waals surface area contributed by atoms with E-state index < -0.39 is 163 Å². The quantitative estimate of drug-likeness (QED) is 0.0458. The number of nitrogens with zero attached hydrogens (tertiary/aromatic N) is 8. The van der Waals surface area contributed by atoms with Gasteiger partial charge in [0.25, 0.3) is 0 Å². The van der Waals surface area contributed by atoms with E-state index in [0.717, 1.165) is 17.0 Å². The van der Waals surface area contributed by atoms with Crippen molar-refractivity contribution in [2.24, 2.45) is 0 Å². The zero-order chi connectivity index (χ0) is 83.7. The highest BCUT2D eigenvalue weighted by atomic mass is 19.1. The van der Waals surface area contributed by atoms with E-state index in [-0.39, 0.29) is 116 Å². The van der Waals surface area contributed by atoms with Crippen LogP contribution in [0.4, 0.5) is 4.39 Å². The lowest BCUT2D eigenvalue weighted by molar-refractivity contribution is -0.870. The number of ether oxygens (including phenoxy) is 4. The lowest BCUT2D eigenvalue weighted by atomic mass is 9.95. The molecule has 6 aliphatic heterocycles. The highest BCUT2D eigenvalue weighted by Crippen LogP contribution is 2.32. The first kappa shape index (κ1) is 86.6. The molecule has 14 bridgehead atoms. The Balaban J connectivity index is 0.995. The number of aliphatic hydroxyl groups is 1. The summed E-state index contributed by atoms with van der Waals surface area (Å²) < 4.78 is 42.9. The molecule has 35 heteroatoms. The molecule has 6 aromatic rings. The van der Waals surface area contributed by atoms with E-state index in [1.54, 1.807) is 72.4 Å². The number of carbonyl (C=O) groups is 12. The van der Waals surface area contributed by atoms with E-state index in [1.807, 2.05) is 45.4 Å². The van der Waals surface area contributed by atoms with Gasteiger partial charge in [0.1, 0.15) is 78.2 Å². The van der Waals surface area contributed by atoms with Crippen molar-refractivity contribution in [1.29, 1.82) is 0 Å². The minimum absolute atomic E-state index is 0.00240. The van der Waals surface area contributed by atoms with Crippen molar-refractivity contribution >= 4 is 81.8 Å². The number of hydrogen-bond donors (Lipinski definition) is 10. The number of halogens is 1. The van der Waals surface area contributed by atoms with Crippen molar-refractivity contribution in [3.8, 4) is 5.75 Å². The van der Waals surface area contributed by atoms with Gasteiger partial charge < -0.3 is 95.7 Å². The van der Waals surface area contributed by atoms with Crippen LogP contribution in [0.25, 0.3) is 10.9 Å². The van der Waals surface area contributed by atoms with Crippen LogP contribution in [0.15, 0.2) is 103 Å². The van der Waals surface area contributed by atoms with Gasteiger partial charge in [0, 0.05) is 101 Å². The van der Waals surface area contributed by atoms with E-state index in [9.17, 15) is 38.7 Å². The van der Waals surface area contributed by atoms with Gasteiger partial charge in [-0.1, -0.05) is 65.9 Å². The minimum Gasteiger partial charge on any atom is -0.497 e. The first-order chi connectivity index (χ1) is 56.0. The average molecular weight is 1620 g/mol. The summed E-state index contributed by atoms with van der Waals surface area (Å²) in [5.74, 6) is -9.69. The Morgan fingerprint density at radius 3 is 2.21 bits per heavy atom. The summed E-state index contributed by atoms with van der Waals surface area (Å²) in [4.78, 5) is 183. The van der Waals surface area contributed by atoms with Gasteiger partial charge in [0.2, 0.25) is 70.9 Å². The van der Waals surface area contributed by atoms with E-state index in [0.29, 0.717) is 68.7 Å². The van der Waals surface area contributed by atoms with Crippen LogP contribution in [0.2, 0.25) is 0 Å². The van der Waals surface area contributed by atoms with Crippen molar-refractivity contribution in [2.45, 2.75) is 171 Å². The second kappa shape index (κ2) is 39.6. The van der Waals surface area contributed by atoms with Gasteiger partial charge >= 0.3 is 0 Å². The summed E-state index contributed by atoms with van der Waals surface area (Å²) in [6.45, 7) is 4.77. The summed E-state index contributed by atoms with van der Waals surface area (Å²) in [5, 5.41) is 45.7. The first-order valence-corrected chi connectivity index (χ1v) is 39.7. The maximum atomic E-state index is 16.2. The average Bonchev–Trinajstić information content (AvgIpc) is 1.65. The lowest BCUT2D eigenvalue weighted by Crippen LogP contribution is -2.64. The summed E-state index contributed by atoms with van der Waals surface area (Å²) >= 11 is 0. The summed E-state index contributed by atoms with van der Waals surface area (Å²) in [5.41, 5.74) is 2.72. The van der Waals surface area contributed by atoms with Gasteiger partial charge in [-0.2, -0.15) is 0 Å². The van der Waals surface area contributed by atoms with Gasteiger partial charge in [-0.3, -0.25) is 62.2 Å². The van der Waals surface area contributed by atoms with E-state index in [1.165, 1.54) is 53.6 Å².